The SMILES string of the molecule is COCCOCCCNC1CC(=O)N(C(C)C)C1=O. The van der Waals surface area contributed by atoms with Crippen LogP contribution in [0.3, 0.4) is 0 Å². The maximum atomic E-state index is 12.0. The van der Waals surface area contributed by atoms with Crippen LogP contribution in [0.2, 0.25) is 0 Å². The van der Waals surface area contributed by atoms with Crippen LogP contribution in [0.15, 0.2) is 0 Å². The summed E-state index contributed by atoms with van der Waals surface area (Å²) < 4.78 is 10.2. The maximum absolute atomic E-state index is 12.0. The lowest BCUT2D eigenvalue weighted by atomic mass is 10.2. The van der Waals surface area contributed by atoms with Crippen molar-refractivity contribution in [1.82, 2.24) is 10.2 Å². The minimum Gasteiger partial charge on any atom is -0.382 e. The zero-order valence-corrected chi connectivity index (χ0v) is 12.0. The van der Waals surface area contributed by atoms with Crippen LogP contribution in [0, 0.1) is 0 Å². The second-order valence-electron chi connectivity index (χ2n) is 4.87. The Labute approximate surface area is 114 Å². The first-order valence-corrected chi connectivity index (χ1v) is 6.74. The van der Waals surface area contributed by atoms with Crippen LogP contribution in [-0.4, -0.2) is 62.3 Å². The second-order valence-corrected chi connectivity index (χ2v) is 4.87. The normalized spacial score (nSPS) is 19.8. The Morgan fingerprint density at radius 3 is 2.63 bits per heavy atom. The van der Waals surface area contributed by atoms with E-state index in [4.69, 9.17) is 9.47 Å². The number of methoxy groups -OCH3 is 1. The molecule has 1 N–H and O–H groups in total. The van der Waals surface area contributed by atoms with Gasteiger partial charge in [0.2, 0.25) is 11.8 Å². The Morgan fingerprint density at radius 1 is 1.32 bits per heavy atom. The number of hydrogen-bond acceptors (Lipinski definition) is 5. The van der Waals surface area contributed by atoms with Crippen molar-refractivity contribution in [3.05, 3.63) is 0 Å². The minimum absolute atomic E-state index is 0.0656. The molecule has 0 radical (unpaired) electrons. The van der Waals surface area contributed by atoms with Crippen LogP contribution in [0.25, 0.3) is 0 Å². The van der Waals surface area contributed by atoms with Crippen molar-refractivity contribution in [2.45, 2.75) is 38.8 Å². The van der Waals surface area contributed by atoms with Crippen molar-refractivity contribution in [3.63, 3.8) is 0 Å². The molecule has 19 heavy (non-hydrogen) atoms. The van der Waals surface area contributed by atoms with Crippen molar-refractivity contribution in [2.75, 3.05) is 33.5 Å². The predicted octanol–water partition coefficient (Wildman–Crippen LogP) is 0.165. The van der Waals surface area contributed by atoms with Crippen molar-refractivity contribution in [2.24, 2.45) is 0 Å². The van der Waals surface area contributed by atoms with Gasteiger partial charge in [-0.3, -0.25) is 14.5 Å². The number of carbonyl (C=O) groups is 2. The van der Waals surface area contributed by atoms with E-state index >= 15 is 0 Å². The summed E-state index contributed by atoms with van der Waals surface area (Å²) in [5.74, 6) is -0.200. The van der Waals surface area contributed by atoms with Gasteiger partial charge in [-0.05, 0) is 26.8 Å². The van der Waals surface area contributed by atoms with E-state index in [1.165, 1.54) is 4.90 Å². The van der Waals surface area contributed by atoms with Gasteiger partial charge in [0, 0.05) is 19.8 Å². The van der Waals surface area contributed by atoms with Gasteiger partial charge in [-0.15, -0.1) is 0 Å². The molecule has 1 heterocycles. The Kier molecular flexibility index (Phi) is 6.97. The number of imide groups is 1. The quantitative estimate of drug-likeness (QED) is 0.478. The largest absolute Gasteiger partial charge is 0.382 e. The molecule has 1 aliphatic heterocycles. The van der Waals surface area contributed by atoms with Crippen molar-refractivity contribution in [3.8, 4) is 0 Å². The van der Waals surface area contributed by atoms with Gasteiger partial charge >= 0.3 is 0 Å². The van der Waals surface area contributed by atoms with Crippen LogP contribution in [0.1, 0.15) is 26.7 Å². The first-order valence-electron chi connectivity index (χ1n) is 6.74. The molecule has 0 saturated carbocycles. The van der Waals surface area contributed by atoms with E-state index in [-0.39, 0.29) is 30.3 Å². The van der Waals surface area contributed by atoms with Gasteiger partial charge in [0.05, 0.1) is 25.7 Å². The van der Waals surface area contributed by atoms with Crippen LogP contribution in [0.4, 0.5) is 0 Å². The third kappa shape index (κ3) is 4.89. The molecule has 0 aromatic rings. The van der Waals surface area contributed by atoms with E-state index in [2.05, 4.69) is 5.32 Å². The number of rotatable bonds is 9. The lowest BCUT2D eigenvalue weighted by molar-refractivity contribution is -0.140. The summed E-state index contributed by atoms with van der Waals surface area (Å²) >= 11 is 0. The molecule has 0 aliphatic carbocycles. The fourth-order valence-electron chi connectivity index (χ4n) is 2.05. The molecule has 1 fully saturated rings. The number of nitrogens with zero attached hydrogens (tertiary/aromatic N) is 1. The Morgan fingerprint density at radius 2 is 2.05 bits per heavy atom. The van der Waals surface area contributed by atoms with Crippen LogP contribution < -0.4 is 5.32 Å². The van der Waals surface area contributed by atoms with E-state index < -0.39 is 0 Å². The number of amides is 2. The Balaban J connectivity index is 2.17. The lowest BCUT2D eigenvalue weighted by Crippen LogP contribution is -2.42. The molecule has 1 atom stereocenters. The highest BCUT2D eigenvalue weighted by Crippen LogP contribution is 2.15. The average molecular weight is 272 g/mol. The number of nitrogens with one attached hydrogen (secondary N) is 1. The van der Waals surface area contributed by atoms with Gasteiger partial charge in [0.25, 0.3) is 0 Å². The summed E-state index contributed by atoms with van der Waals surface area (Å²) in [5, 5.41) is 3.11. The molecule has 2 amide bonds. The van der Waals surface area contributed by atoms with E-state index in [0.717, 1.165) is 6.42 Å². The summed E-state index contributed by atoms with van der Waals surface area (Å²) in [6.07, 6.45) is 1.07. The first-order chi connectivity index (χ1) is 9.07. The van der Waals surface area contributed by atoms with Crippen LogP contribution in [-0.2, 0) is 19.1 Å². The molecule has 6 nitrogen and oxygen atoms in total. The molecule has 1 unspecified atom stereocenters. The molecular weight excluding hydrogens is 248 g/mol. The van der Waals surface area contributed by atoms with Crippen molar-refractivity contribution >= 4 is 11.8 Å². The Hall–Kier alpha value is -0.980. The van der Waals surface area contributed by atoms with E-state index in [9.17, 15) is 9.59 Å². The predicted molar refractivity (Wildman–Crippen MR) is 70.7 cm³/mol. The topological polar surface area (TPSA) is 67.9 Å². The number of hydrogen-bond donors (Lipinski definition) is 1. The monoisotopic (exact) mass is 272 g/mol. The van der Waals surface area contributed by atoms with Crippen LogP contribution in [0.5, 0.6) is 0 Å². The highest BCUT2D eigenvalue weighted by molar-refractivity contribution is 6.05. The molecule has 110 valence electrons. The molecule has 0 bridgehead atoms. The molecule has 1 aliphatic rings. The molecule has 0 aromatic carbocycles. The van der Waals surface area contributed by atoms with Gasteiger partial charge in [-0.2, -0.15) is 0 Å². The Bertz CT molecular complexity index is 307. The van der Waals surface area contributed by atoms with E-state index in [1.807, 2.05) is 13.8 Å². The van der Waals surface area contributed by atoms with E-state index in [0.29, 0.717) is 26.4 Å². The number of likely N-dealkylation sites (tertiary alicyclic amines) is 1. The third-order valence-electron chi connectivity index (χ3n) is 2.99. The summed E-state index contributed by atoms with van der Waals surface area (Å²) in [6, 6.07) is -0.432. The highest BCUT2D eigenvalue weighted by atomic mass is 16.5. The number of carbonyl (C=O) groups excluding carboxylic acids is 2. The van der Waals surface area contributed by atoms with Crippen LogP contribution >= 0.6 is 0 Å². The van der Waals surface area contributed by atoms with Gasteiger partial charge in [0.15, 0.2) is 0 Å². The highest BCUT2D eigenvalue weighted by Gasteiger charge is 2.39. The summed E-state index contributed by atoms with van der Waals surface area (Å²) in [6.45, 7) is 6.16. The van der Waals surface area contributed by atoms with E-state index in [1.54, 1.807) is 7.11 Å². The molecular formula is C13H24N2O4. The smallest absolute Gasteiger partial charge is 0.247 e. The lowest BCUT2D eigenvalue weighted by Gasteiger charge is -2.19. The fraction of sp³-hybridized carbons (Fsp3) is 0.846. The third-order valence-corrected chi connectivity index (χ3v) is 2.99. The minimum atomic E-state index is -0.367. The maximum Gasteiger partial charge on any atom is 0.247 e. The van der Waals surface area contributed by atoms with Gasteiger partial charge in [0.1, 0.15) is 0 Å². The molecule has 1 rings (SSSR count). The average Bonchev–Trinajstić information content (AvgIpc) is 2.63. The second kappa shape index (κ2) is 8.24. The molecule has 0 aromatic heterocycles. The summed E-state index contributed by atoms with van der Waals surface area (Å²) in [5.41, 5.74) is 0. The summed E-state index contributed by atoms with van der Waals surface area (Å²) in [4.78, 5) is 25.0. The van der Waals surface area contributed by atoms with Gasteiger partial charge in [-0.1, -0.05) is 0 Å². The van der Waals surface area contributed by atoms with Crippen molar-refractivity contribution < 1.29 is 19.1 Å². The zero-order valence-electron chi connectivity index (χ0n) is 12.0. The standard InChI is InChI=1S/C13H24N2O4/c1-10(2)15-12(16)9-11(13(15)17)14-5-4-6-19-8-7-18-3/h10-11,14H,4-9H2,1-3H3. The zero-order chi connectivity index (χ0) is 14.3. The van der Waals surface area contributed by atoms with Gasteiger partial charge in [-0.25, -0.2) is 0 Å². The molecule has 6 heteroatoms. The van der Waals surface area contributed by atoms with Crippen molar-refractivity contribution in [1.29, 1.82) is 0 Å². The van der Waals surface area contributed by atoms with Gasteiger partial charge < -0.3 is 14.8 Å². The summed E-state index contributed by atoms with van der Waals surface area (Å²) in [7, 11) is 1.63. The first kappa shape index (κ1) is 16.1. The molecule has 0 spiro atoms. The fourth-order valence-corrected chi connectivity index (χ4v) is 2.05. The number of ether oxygens (including phenoxy) is 2. The molecule has 1 saturated heterocycles.